The minimum atomic E-state index is -4.83. The van der Waals surface area contributed by atoms with E-state index in [9.17, 15) is 13.2 Å². The number of hydrogen-bond acceptors (Lipinski definition) is 2. The van der Waals surface area contributed by atoms with Crippen LogP contribution in [0.25, 0.3) is 0 Å². The summed E-state index contributed by atoms with van der Waals surface area (Å²) in [7, 11) is 0. The molecule has 6 heteroatoms. The molecule has 0 aliphatic heterocycles. The van der Waals surface area contributed by atoms with Crippen molar-refractivity contribution in [1.82, 2.24) is 0 Å². The van der Waals surface area contributed by atoms with Crippen molar-refractivity contribution in [2.24, 2.45) is 5.73 Å². The maximum Gasteiger partial charge on any atom is 0.573 e. The lowest BCUT2D eigenvalue weighted by molar-refractivity contribution is -0.274. The first-order chi connectivity index (χ1) is 9.85. The molecule has 0 heterocycles. The molecule has 1 unspecified atom stereocenters. The second-order valence-corrected chi connectivity index (χ2v) is 4.45. The molecule has 2 nitrogen and oxygen atoms in total. The topological polar surface area (TPSA) is 35.2 Å². The van der Waals surface area contributed by atoms with Crippen molar-refractivity contribution in [3.05, 3.63) is 65.7 Å². The molecule has 0 aliphatic carbocycles. The van der Waals surface area contributed by atoms with Gasteiger partial charge in [0, 0.05) is 6.54 Å². The highest BCUT2D eigenvalue weighted by molar-refractivity contribution is 5.40. The number of benzene rings is 2. The van der Waals surface area contributed by atoms with Gasteiger partial charge in [-0.3, -0.25) is 0 Å². The summed E-state index contributed by atoms with van der Waals surface area (Å²) >= 11 is 0. The van der Waals surface area contributed by atoms with Crippen LogP contribution < -0.4 is 10.5 Å². The van der Waals surface area contributed by atoms with Crippen LogP contribution in [0, 0.1) is 0 Å². The van der Waals surface area contributed by atoms with Gasteiger partial charge in [-0.15, -0.1) is 13.2 Å². The van der Waals surface area contributed by atoms with E-state index in [0.717, 1.165) is 12.1 Å². The molecular weight excluding hydrogens is 286 g/mol. The van der Waals surface area contributed by atoms with Gasteiger partial charge in [-0.1, -0.05) is 42.5 Å². The first-order valence-electron chi connectivity index (χ1n) is 6.16. The van der Waals surface area contributed by atoms with Crippen LogP contribution in [-0.4, -0.2) is 12.9 Å². The number of halogens is 4. The Kier molecular flexibility index (Phi) is 4.18. The third-order valence-electron chi connectivity index (χ3n) is 3.04. The van der Waals surface area contributed by atoms with Crippen LogP contribution in [0.5, 0.6) is 5.75 Å². The van der Waals surface area contributed by atoms with Gasteiger partial charge in [0.25, 0.3) is 0 Å². The van der Waals surface area contributed by atoms with Crippen molar-refractivity contribution >= 4 is 0 Å². The van der Waals surface area contributed by atoms with E-state index in [-0.39, 0.29) is 11.1 Å². The maximum absolute atomic E-state index is 15.1. The lowest BCUT2D eigenvalue weighted by atomic mass is 9.88. The molecule has 0 amide bonds. The monoisotopic (exact) mass is 299 g/mol. The summed E-state index contributed by atoms with van der Waals surface area (Å²) in [5, 5.41) is 0. The van der Waals surface area contributed by atoms with Crippen molar-refractivity contribution in [2.75, 3.05) is 6.54 Å². The Labute approximate surface area is 119 Å². The summed E-state index contributed by atoms with van der Waals surface area (Å²) in [6, 6.07) is 12.8. The Morgan fingerprint density at radius 3 is 2.05 bits per heavy atom. The summed E-state index contributed by atoms with van der Waals surface area (Å²) in [5.74, 6) is -0.480. The first kappa shape index (κ1) is 15.3. The summed E-state index contributed by atoms with van der Waals surface area (Å²) in [6.45, 7) is -0.396. The van der Waals surface area contributed by atoms with Gasteiger partial charge < -0.3 is 10.5 Å². The zero-order valence-electron chi connectivity index (χ0n) is 10.9. The van der Waals surface area contributed by atoms with Crippen molar-refractivity contribution in [3.8, 4) is 5.75 Å². The van der Waals surface area contributed by atoms with Gasteiger partial charge in [0.1, 0.15) is 5.75 Å². The quantitative estimate of drug-likeness (QED) is 0.873. The highest BCUT2D eigenvalue weighted by Gasteiger charge is 2.35. The van der Waals surface area contributed by atoms with Crippen LogP contribution in [0.1, 0.15) is 11.1 Å². The largest absolute Gasteiger partial charge is 0.573 e. The molecule has 2 rings (SSSR count). The minimum Gasteiger partial charge on any atom is -0.406 e. The Morgan fingerprint density at radius 1 is 0.857 bits per heavy atom. The summed E-state index contributed by atoms with van der Waals surface area (Å²) in [4.78, 5) is 0. The number of hydrogen-bond donors (Lipinski definition) is 1. The van der Waals surface area contributed by atoms with Crippen LogP contribution in [0.3, 0.4) is 0 Å². The van der Waals surface area contributed by atoms with Crippen molar-refractivity contribution < 1.29 is 22.3 Å². The predicted molar refractivity (Wildman–Crippen MR) is 70.5 cm³/mol. The SMILES string of the molecule is NCC(F)(c1ccccc1)c1cccc(OC(F)(F)F)c1. The molecule has 0 aliphatic rings. The van der Waals surface area contributed by atoms with Gasteiger partial charge in [-0.2, -0.15) is 0 Å². The maximum atomic E-state index is 15.1. The standard InChI is InChI=1S/C15H13F4NO/c16-14(10-20,11-5-2-1-3-6-11)12-7-4-8-13(9-12)21-15(17,18)19/h1-9H,10,20H2. The molecule has 0 saturated carbocycles. The van der Waals surface area contributed by atoms with E-state index < -0.39 is 24.3 Å². The van der Waals surface area contributed by atoms with Crippen molar-refractivity contribution in [3.63, 3.8) is 0 Å². The molecular formula is C15H13F4NO. The lowest BCUT2D eigenvalue weighted by Crippen LogP contribution is -2.31. The van der Waals surface area contributed by atoms with Crippen LogP contribution in [-0.2, 0) is 5.67 Å². The van der Waals surface area contributed by atoms with Gasteiger partial charge in [-0.25, -0.2) is 4.39 Å². The molecule has 0 bridgehead atoms. The van der Waals surface area contributed by atoms with E-state index >= 15 is 4.39 Å². The van der Waals surface area contributed by atoms with E-state index in [1.165, 1.54) is 24.3 Å². The molecule has 21 heavy (non-hydrogen) atoms. The summed E-state index contributed by atoms with van der Waals surface area (Å²) < 4.78 is 55.6. The number of ether oxygens (including phenoxy) is 1. The molecule has 2 aromatic carbocycles. The highest BCUT2D eigenvalue weighted by Crippen LogP contribution is 2.35. The highest BCUT2D eigenvalue weighted by atomic mass is 19.4. The average Bonchev–Trinajstić information content (AvgIpc) is 2.46. The van der Waals surface area contributed by atoms with Crippen LogP contribution in [0.2, 0.25) is 0 Å². The van der Waals surface area contributed by atoms with Gasteiger partial charge in [0.05, 0.1) is 0 Å². The van der Waals surface area contributed by atoms with Gasteiger partial charge in [0.2, 0.25) is 0 Å². The van der Waals surface area contributed by atoms with Gasteiger partial charge in [-0.05, 0) is 23.3 Å². The predicted octanol–water partition coefficient (Wildman–Crippen LogP) is 3.76. The van der Waals surface area contributed by atoms with Gasteiger partial charge in [0.15, 0.2) is 5.67 Å². The van der Waals surface area contributed by atoms with E-state index in [0.29, 0.717) is 0 Å². The van der Waals surface area contributed by atoms with E-state index in [2.05, 4.69) is 4.74 Å². The second kappa shape index (κ2) is 5.73. The number of rotatable bonds is 4. The smallest absolute Gasteiger partial charge is 0.406 e. The second-order valence-electron chi connectivity index (χ2n) is 4.45. The normalized spacial score (nSPS) is 14.5. The Bertz CT molecular complexity index is 600. The molecule has 0 saturated heterocycles. The van der Waals surface area contributed by atoms with Crippen molar-refractivity contribution in [1.29, 1.82) is 0 Å². The van der Waals surface area contributed by atoms with E-state index in [4.69, 9.17) is 5.73 Å². The molecule has 0 aromatic heterocycles. The molecule has 1 atom stereocenters. The fourth-order valence-electron chi connectivity index (χ4n) is 2.04. The van der Waals surface area contributed by atoms with Crippen LogP contribution in [0.15, 0.2) is 54.6 Å². The Morgan fingerprint density at radius 2 is 1.48 bits per heavy atom. The number of nitrogens with two attached hydrogens (primary N) is 1. The Balaban J connectivity index is 2.41. The lowest BCUT2D eigenvalue weighted by Gasteiger charge is -2.25. The molecule has 0 radical (unpaired) electrons. The number of alkyl halides is 4. The molecule has 2 N–H and O–H groups in total. The van der Waals surface area contributed by atoms with Crippen LogP contribution in [0.4, 0.5) is 17.6 Å². The molecule has 0 fully saturated rings. The fourth-order valence-corrected chi connectivity index (χ4v) is 2.04. The van der Waals surface area contributed by atoms with Crippen molar-refractivity contribution in [2.45, 2.75) is 12.0 Å². The fraction of sp³-hybridized carbons (Fsp3) is 0.200. The Hall–Kier alpha value is -2.08. The van der Waals surface area contributed by atoms with Gasteiger partial charge >= 0.3 is 6.36 Å². The minimum absolute atomic E-state index is 0.0120. The zero-order chi connectivity index (χ0) is 15.5. The van der Waals surface area contributed by atoms with E-state index in [1.54, 1.807) is 18.2 Å². The third kappa shape index (κ3) is 3.52. The third-order valence-corrected chi connectivity index (χ3v) is 3.04. The zero-order valence-corrected chi connectivity index (χ0v) is 10.9. The molecule has 112 valence electrons. The van der Waals surface area contributed by atoms with E-state index in [1.807, 2.05) is 0 Å². The summed E-state index contributed by atoms with van der Waals surface area (Å²) in [5.41, 5.74) is 3.72. The molecule has 0 spiro atoms. The van der Waals surface area contributed by atoms with Crippen LogP contribution >= 0.6 is 0 Å². The molecule has 2 aromatic rings. The average molecular weight is 299 g/mol. The summed E-state index contributed by atoms with van der Waals surface area (Å²) in [6.07, 6.45) is -4.83. The first-order valence-corrected chi connectivity index (χ1v) is 6.16.